The maximum Gasteiger partial charge on any atom is 0.193 e. The Kier molecular flexibility index (Phi) is 3.23. The van der Waals surface area contributed by atoms with Gasteiger partial charge in [-0.15, -0.1) is 11.3 Å². The Morgan fingerprint density at radius 3 is 3.16 bits per heavy atom. The van der Waals surface area contributed by atoms with E-state index in [0.717, 1.165) is 28.4 Å². The highest BCUT2D eigenvalue weighted by Gasteiger charge is 2.11. The van der Waals surface area contributed by atoms with Crippen LogP contribution < -0.4 is 10.5 Å². The molecule has 0 aliphatic carbocycles. The molecule has 19 heavy (non-hydrogen) atoms. The van der Waals surface area contributed by atoms with Crippen molar-refractivity contribution in [2.45, 2.75) is 12.5 Å². The molecule has 2 heterocycles. The molecule has 1 atom stereocenters. The summed E-state index contributed by atoms with van der Waals surface area (Å²) in [6, 6.07) is 7.80. The van der Waals surface area contributed by atoms with Crippen LogP contribution in [-0.2, 0) is 6.42 Å². The second kappa shape index (κ2) is 5.03. The molecule has 5 heteroatoms. The van der Waals surface area contributed by atoms with E-state index in [0.29, 0.717) is 0 Å². The molecule has 4 nitrogen and oxygen atoms in total. The van der Waals surface area contributed by atoms with Gasteiger partial charge in [-0.1, -0.05) is 12.1 Å². The minimum Gasteiger partial charge on any atom is -0.497 e. The van der Waals surface area contributed by atoms with Crippen LogP contribution in [0.25, 0.3) is 4.96 Å². The summed E-state index contributed by atoms with van der Waals surface area (Å²) in [5, 5.41) is 2.02. The van der Waals surface area contributed by atoms with E-state index in [1.165, 1.54) is 0 Å². The van der Waals surface area contributed by atoms with Gasteiger partial charge < -0.3 is 10.5 Å². The van der Waals surface area contributed by atoms with Crippen molar-refractivity contribution in [2.75, 3.05) is 7.11 Å². The lowest BCUT2D eigenvalue weighted by Crippen LogP contribution is -2.13. The van der Waals surface area contributed by atoms with Crippen molar-refractivity contribution in [1.29, 1.82) is 0 Å². The number of aromatic nitrogens is 2. The van der Waals surface area contributed by atoms with Crippen molar-refractivity contribution in [2.24, 2.45) is 5.73 Å². The SMILES string of the molecule is COc1cccc(C(N)Cc2cn3ccsc3n2)c1. The molecule has 98 valence electrons. The maximum absolute atomic E-state index is 6.24. The zero-order valence-corrected chi connectivity index (χ0v) is 11.4. The summed E-state index contributed by atoms with van der Waals surface area (Å²) >= 11 is 1.63. The Bertz CT molecular complexity index is 660. The van der Waals surface area contributed by atoms with Gasteiger partial charge >= 0.3 is 0 Å². The normalized spacial score (nSPS) is 12.7. The number of nitrogens with zero attached hydrogens (tertiary/aromatic N) is 2. The predicted octanol–water partition coefficient (Wildman–Crippen LogP) is 2.65. The van der Waals surface area contributed by atoms with Gasteiger partial charge in [-0.3, -0.25) is 4.40 Å². The van der Waals surface area contributed by atoms with E-state index < -0.39 is 0 Å². The molecular weight excluding hydrogens is 258 g/mol. The Morgan fingerprint density at radius 1 is 1.47 bits per heavy atom. The number of benzene rings is 1. The molecule has 3 rings (SSSR count). The minimum absolute atomic E-state index is 0.0697. The van der Waals surface area contributed by atoms with Gasteiger partial charge in [-0.2, -0.15) is 0 Å². The molecule has 0 aliphatic heterocycles. The zero-order valence-electron chi connectivity index (χ0n) is 10.6. The number of rotatable bonds is 4. The second-order valence-electron chi connectivity index (χ2n) is 4.41. The molecule has 2 N–H and O–H groups in total. The van der Waals surface area contributed by atoms with Gasteiger partial charge in [0.05, 0.1) is 12.8 Å². The van der Waals surface area contributed by atoms with Crippen molar-refractivity contribution in [1.82, 2.24) is 9.38 Å². The molecule has 3 aromatic rings. The maximum atomic E-state index is 6.24. The first-order valence-corrected chi connectivity index (χ1v) is 6.95. The summed E-state index contributed by atoms with van der Waals surface area (Å²) in [7, 11) is 1.66. The van der Waals surface area contributed by atoms with Crippen molar-refractivity contribution < 1.29 is 4.74 Å². The summed E-state index contributed by atoms with van der Waals surface area (Å²) < 4.78 is 7.24. The van der Waals surface area contributed by atoms with Crippen LogP contribution >= 0.6 is 11.3 Å². The van der Waals surface area contributed by atoms with Crippen LogP contribution in [0.1, 0.15) is 17.3 Å². The largest absolute Gasteiger partial charge is 0.497 e. The average molecular weight is 273 g/mol. The number of thiazole rings is 1. The highest BCUT2D eigenvalue weighted by molar-refractivity contribution is 7.15. The minimum atomic E-state index is -0.0697. The van der Waals surface area contributed by atoms with Crippen LogP contribution in [0.5, 0.6) is 5.75 Å². The van der Waals surface area contributed by atoms with Crippen LogP contribution in [0, 0.1) is 0 Å². The topological polar surface area (TPSA) is 52.5 Å². The molecule has 0 amide bonds. The fraction of sp³-hybridized carbons (Fsp3) is 0.214. The Morgan fingerprint density at radius 2 is 2.37 bits per heavy atom. The third kappa shape index (κ3) is 2.47. The van der Waals surface area contributed by atoms with E-state index in [-0.39, 0.29) is 6.04 Å². The zero-order chi connectivity index (χ0) is 13.2. The van der Waals surface area contributed by atoms with Crippen molar-refractivity contribution in [3.63, 3.8) is 0 Å². The van der Waals surface area contributed by atoms with Crippen molar-refractivity contribution in [3.05, 3.63) is 53.3 Å². The van der Waals surface area contributed by atoms with Crippen molar-refractivity contribution in [3.8, 4) is 5.75 Å². The molecule has 0 fully saturated rings. The van der Waals surface area contributed by atoms with Crippen molar-refractivity contribution >= 4 is 16.3 Å². The van der Waals surface area contributed by atoms with Gasteiger partial charge in [0.1, 0.15) is 5.75 Å². The molecule has 0 aliphatic rings. The molecule has 1 unspecified atom stereocenters. The van der Waals surface area contributed by atoms with Gasteiger partial charge in [-0.05, 0) is 17.7 Å². The number of fused-ring (bicyclic) bond motifs is 1. The predicted molar refractivity (Wildman–Crippen MR) is 76.7 cm³/mol. The summed E-state index contributed by atoms with van der Waals surface area (Å²) in [4.78, 5) is 5.56. The highest BCUT2D eigenvalue weighted by Crippen LogP contribution is 2.21. The number of nitrogens with two attached hydrogens (primary N) is 1. The van der Waals surface area contributed by atoms with E-state index >= 15 is 0 Å². The van der Waals surface area contributed by atoms with Crippen LogP contribution in [0.3, 0.4) is 0 Å². The van der Waals surface area contributed by atoms with Gasteiger partial charge in [-0.25, -0.2) is 4.98 Å². The number of ether oxygens (including phenoxy) is 1. The standard InChI is InChI=1S/C14H15N3OS/c1-18-12-4-2-3-10(7-12)13(15)8-11-9-17-5-6-19-14(17)16-11/h2-7,9,13H,8,15H2,1H3. The van der Waals surface area contributed by atoms with E-state index in [1.54, 1.807) is 18.4 Å². The molecule has 0 saturated carbocycles. The number of hydrogen-bond acceptors (Lipinski definition) is 4. The fourth-order valence-corrected chi connectivity index (χ4v) is 2.81. The molecule has 0 radical (unpaired) electrons. The van der Waals surface area contributed by atoms with Crippen LogP contribution in [0.2, 0.25) is 0 Å². The third-order valence-corrected chi connectivity index (χ3v) is 3.86. The number of imidazole rings is 1. The van der Waals surface area contributed by atoms with Gasteiger partial charge in [0, 0.05) is 30.2 Å². The monoisotopic (exact) mass is 273 g/mol. The quantitative estimate of drug-likeness (QED) is 0.795. The summed E-state index contributed by atoms with van der Waals surface area (Å²) in [6.45, 7) is 0. The van der Waals surface area contributed by atoms with Crippen LogP contribution in [0.4, 0.5) is 0 Å². The highest BCUT2D eigenvalue weighted by atomic mass is 32.1. The number of hydrogen-bond donors (Lipinski definition) is 1. The summed E-state index contributed by atoms with van der Waals surface area (Å²) in [5.41, 5.74) is 8.32. The number of methoxy groups -OCH3 is 1. The van der Waals surface area contributed by atoms with Gasteiger partial charge in [0.25, 0.3) is 0 Å². The second-order valence-corrected chi connectivity index (χ2v) is 5.29. The molecule has 1 aromatic carbocycles. The lowest BCUT2D eigenvalue weighted by atomic mass is 10.0. The third-order valence-electron chi connectivity index (χ3n) is 3.09. The Hall–Kier alpha value is -1.85. The summed E-state index contributed by atoms with van der Waals surface area (Å²) in [5.74, 6) is 0.832. The van der Waals surface area contributed by atoms with Gasteiger partial charge in [0.15, 0.2) is 4.96 Å². The van der Waals surface area contributed by atoms with Gasteiger partial charge in [0.2, 0.25) is 0 Å². The van der Waals surface area contributed by atoms with Crippen LogP contribution in [0.15, 0.2) is 42.0 Å². The molecule has 0 saturated heterocycles. The first kappa shape index (κ1) is 12.2. The molecular formula is C14H15N3OS. The average Bonchev–Trinajstić information content (AvgIpc) is 2.99. The van der Waals surface area contributed by atoms with E-state index in [1.807, 2.05) is 46.4 Å². The lowest BCUT2D eigenvalue weighted by Gasteiger charge is -2.11. The first-order chi connectivity index (χ1) is 9.26. The molecule has 0 bridgehead atoms. The van der Waals surface area contributed by atoms with E-state index in [9.17, 15) is 0 Å². The van der Waals surface area contributed by atoms with E-state index in [2.05, 4.69) is 4.98 Å². The fourth-order valence-electron chi connectivity index (χ4n) is 2.09. The molecule has 0 spiro atoms. The molecule has 2 aromatic heterocycles. The summed E-state index contributed by atoms with van der Waals surface area (Å²) in [6.07, 6.45) is 4.76. The smallest absolute Gasteiger partial charge is 0.193 e. The Balaban J connectivity index is 1.80. The lowest BCUT2D eigenvalue weighted by molar-refractivity contribution is 0.413. The van der Waals surface area contributed by atoms with E-state index in [4.69, 9.17) is 10.5 Å². The first-order valence-electron chi connectivity index (χ1n) is 6.07. The van der Waals surface area contributed by atoms with Crippen LogP contribution in [-0.4, -0.2) is 16.5 Å². The Labute approximate surface area is 115 Å².